The number of carbonyl (C=O) groups excluding carboxylic acids is 1. The second-order valence-corrected chi connectivity index (χ2v) is 8.18. The SMILES string of the molecule is Cc1cc(C)n2nc(CNC(=O)c3nc(C4CCNCC4)sc3C)nc2n1. The minimum absolute atomic E-state index is 0.177. The summed E-state index contributed by atoms with van der Waals surface area (Å²) in [6, 6.07) is 1.95. The molecule has 142 valence electrons. The van der Waals surface area contributed by atoms with Gasteiger partial charge in [0.25, 0.3) is 11.7 Å². The van der Waals surface area contributed by atoms with E-state index in [1.807, 2.05) is 26.8 Å². The fourth-order valence-corrected chi connectivity index (χ4v) is 4.48. The van der Waals surface area contributed by atoms with Crippen LogP contribution in [0.25, 0.3) is 5.78 Å². The van der Waals surface area contributed by atoms with Crippen LogP contribution in [-0.4, -0.2) is 43.6 Å². The lowest BCUT2D eigenvalue weighted by Gasteiger charge is -2.20. The van der Waals surface area contributed by atoms with Crippen LogP contribution in [0.1, 0.15) is 56.3 Å². The molecule has 0 atom stereocenters. The van der Waals surface area contributed by atoms with E-state index in [4.69, 9.17) is 0 Å². The number of hydrogen-bond donors (Lipinski definition) is 2. The standard InChI is InChI=1S/C18H23N7OS/c1-10-8-11(2)25-18(21-10)22-14(24-25)9-20-16(26)15-12(3)27-17(23-15)13-4-6-19-7-5-13/h8,13,19H,4-7,9H2,1-3H3,(H,20,26). The molecule has 1 amide bonds. The van der Waals surface area contributed by atoms with Gasteiger partial charge in [0.2, 0.25) is 0 Å². The van der Waals surface area contributed by atoms with E-state index in [9.17, 15) is 4.79 Å². The van der Waals surface area contributed by atoms with Crippen LogP contribution < -0.4 is 10.6 Å². The predicted molar refractivity (Wildman–Crippen MR) is 103 cm³/mol. The van der Waals surface area contributed by atoms with Crippen molar-refractivity contribution < 1.29 is 4.79 Å². The van der Waals surface area contributed by atoms with E-state index in [1.54, 1.807) is 15.9 Å². The number of aryl methyl sites for hydroxylation is 3. The lowest BCUT2D eigenvalue weighted by Crippen LogP contribution is -2.27. The molecule has 1 aliphatic heterocycles. The van der Waals surface area contributed by atoms with E-state index < -0.39 is 0 Å². The Hall–Kier alpha value is -2.39. The molecule has 1 saturated heterocycles. The normalized spacial score (nSPS) is 15.4. The second kappa shape index (κ2) is 7.32. The zero-order valence-corrected chi connectivity index (χ0v) is 16.6. The second-order valence-electron chi connectivity index (χ2n) is 6.94. The molecule has 3 aromatic rings. The minimum atomic E-state index is -0.177. The topological polar surface area (TPSA) is 97.1 Å². The number of rotatable bonds is 4. The van der Waals surface area contributed by atoms with Gasteiger partial charge in [0.1, 0.15) is 5.69 Å². The number of nitrogens with one attached hydrogen (secondary N) is 2. The lowest BCUT2D eigenvalue weighted by atomic mass is 9.99. The highest BCUT2D eigenvalue weighted by atomic mass is 32.1. The summed E-state index contributed by atoms with van der Waals surface area (Å²) in [6.45, 7) is 8.11. The number of thiazole rings is 1. The van der Waals surface area contributed by atoms with E-state index in [0.717, 1.165) is 47.2 Å². The van der Waals surface area contributed by atoms with Crippen molar-refractivity contribution in [3.63, 3.8) is 0 Å². The van der Waals surface area contributed by atoms with Crippen molar-refractivity contribution in [3.8, 4) is 0 Å². The Bertz CT molecular complexity index is 987. The quantitative estimate of drug-likeness (QED) is 0.712. The third-order valence-corrected chi connectivity index (χ3v) is 5.92. The first-order valence-electron chi connectivity index (χ1n) is 9.17. The molecule has 4 heterocycles. The van der Waals surface area contributed by atoms with Crippen LogP contribution in [-0.2, 0) is 6.54 Å². The van der Waals surface area contributed by atoms with Gasteiger partial charge >= 0.3 is 0 Å². The Kier molecular flexibility index (Phi) is 4.88. The molecule has 27 heavy (non-hydrogen) atoms. The lowest BCUT2D eigenvalue weighted by molar-refractivity contribution is 0.0944. The number of hydrogen-bond acceptors (Lipinski definition) is 7. The number of amides is 1. The summed E-state index contributed by atoms with van der Waals surface area (Å²) < 4.78 is 1.69. The first-order chi connectivity index (χ1) is 13.0. The highest BCUT2D eigenvalue weighted by Gasteiger charge is 2.22. The van der Waals surface area contributed by atoms with Gasteiger partial charge in [-0.25, -0.2) is 14.5 Å². The number of piperidine rings is 1. The molecule has 9 heteroatoms. The van der Waals surface area contributed by atoms with Gasteiger partial charge in [-0.2, -0.15) is 4.98 Å². The average molecular weight is 385 g/mol. The maximum absolute atomic E-state index is 12.6. The molecule has 1 aliphatic rings. The van der Waals surface area contributed by atoms with E-state index in [0.29, 0.717) is 23.2 Å². The minimum Gasteiger partial charge on any atom is -0.343 e. The predicted octanol–water partition coefficient (Wildman–Crippen LogP) is 1.90. The molecular weight excluding hydrogens is 362 g/mol. The van der Waals surface area contributed by atoms with Crippen molar-refractivity contribution in [3.05, 3.63) is 38.9 Å². The molecule has 0 radical (unpaired) electrons. The molecule has 0 unspecified atom stereocenters. The summed E-state index contributed by atoms with van der Waals surface area (Å²) in [5.74, 6) is 1.36. The van der Waals surface area contributed by atoms with Gasteiger partial charge in [0, 0.05) is 22.2 Å². The van der Waals surface area contributed by atoms with E-state index >= 15 is 0 Å². The zero-order valence-electron chi connectivity index (χ0n) is 15.7. The molecule has 0 saturated carbocycles. The molecule has 2 N–H and O–H groups in total. The summed E-state index contributed by atoms with van der Waals surface area (Å²) in [6.07, 6.45) is 2.15. The van der Waals surface area contributed by atoms with Crippen molar-refractivity contribution in [2.24, 2.45) is 0 Å². The zero-order chi connectivity index (χ0) is 19.0. The molecule has 4 rings (SSSR count). The van der Waals surface area contributed by atoms with E-state index in [2.05, 4.69) is 30.7 Å². The Balaban J connectivity index is 1.46. The molecule has 0 aliphatic carbocycles. The molecule has 0 spiro atoms. The summed E-state index contributed by atoms with van der Waals surface area (Å²) in [5.41, 5.74) is 2.37. The van der Waals surface area contributed by atoms with Crippen molar-refractivity contribution in [2.75, 3.05) is 13.1 Å². The van der Waals surface area contributed by atoms with Crippen LogP contribution in [0.4, 0.5) is 0 Å². The summed E-state index contributed by atoms with van der Waals surface area (Å²) in [7, 11) is 0. The number of nitrogens with zero attached hydrogens (tertiary/aromatic N) is 5. The third kappa shape index (κ3) is 3.70. The monoisotopic (exact) mass is 385 g/mol. The highest BCUT2D eigenvalue weighted by Crippen LogP contribution is 2.30. The molecule has 3 aromatic heterocycles. The van der Waals surface area contributed by atoms with Gasteiger partial charge in [0.05, 0.1) is 11.6 Å². The van der Waals surface area contributed by atoms with Crippen molar-refractivity contribution in [1.29, 1.82) is 0 Å². The average Bonchev–Trinajstić information content (AvgIpc) is 3.24. The van der Waals surface area contributed by atoms with E-state index in [-0.39, 0.29) is 12.5 Å². The first kappa shape index (κ1) is 18.0. The molecular formula is C18H23N7OS. The van der Waals surface area contributed by atoms with Gasteiger partial charge in [-0.1, -0.05) is 0 Å². The van der Waals surface area contributed by atoms with E-state index in [1.165, 1.54) is 0 Å². The Morgan fingerprint density at radius 2 is 2.04 bits per heavy atom. The van der Waals surface area contributed by atoms with Crippen LogP contribution in [0.3, 0.4) is 0 Å². The fourth-order valence-electron chi connectivity index (χ4n) is 3.40. The van der Waals surface area contributed by atoms with Crippen molar-refractivity contribution in [2.45, 2.75) is 46.1 Å². The summed E-state index contributed by atoms with van der Waals surface area (Å²) in [5, 5.41) is 11.7. The molecule has 0 bridgehead atoms. The highest BCUT2D eigenvalue weighted by molar-refractivity contribution is 7.12. The maximum atomic E-state index is 12.6. The van der Waals surface area contributed by atoms with Crippen LogP contribution in [0, 0.1) is 20.8 Å². The fraction of sp³-hybridized carbons (Fsp3) is 0.500. The molecule has 1 fully saturated rings. The van der Waals surface area contributed by atoms with Crippen LogP contribution in [0.5, 0.6) is 0 Å². The van der Waals surface area contributed by atoms with Crippen LogP contribution in [0.15, 0.2) is 6.07 Å². The smallest absolute Gasteiger partial charge is 0.271 e. The van der Waals surface area contributed by atoms with Gasteiger partial charge in [-0.05, 0) is 52.8 Å². The summed E-state index contributed by atoms with van der Waals surface area (Å²) in [4.78, 5) is 27.0. The van der Waals surface area contributed by atoms with Gasteiger partial charge in [-0.15, -0.1) is 16.4 Å². The van der Waals surface area contributed by atoms with Gasteiger partial charge in [0.15, 0.2) is 5.82 Å². The largest absolute Gasteiger partial charge is 0.343 e. The summed E-state index contributed by atoms with van der Waals surface area (Å²) >= 11 is 1.63. The Labute approximate surface area is 161 Å². The first-order valence-corrected chi connectivity index (χ1v) is 9.99. The Morgan fingerprint density at radius 3 is 2.81 bits per heavy atom. The number of fused-ring (bicyclic) bond motifs is 1. The number of carbonyl (C=O) groups is 1. The molecule has 8 nitrogen and oxygen atoms in total. The molecule has 0 aromatic carbocycles. The van der Waals surface area contributed by atoms with Crippen LogP contribution in [0.2, 0.25) is 0 Å². The van der Waals surface area contributed by atoms with Gasteiger partial charge in [-0.3, -0.25) is 4.79 Å². The third-order valence-electron chi connectivity index (χ3n) is 4.79. The van der Waals surface area contributed by atoms with Crippen molar-refractivity contribution in [1.82, 2.24) is 35.2 Å². The van der Waals surface area contributed by atoms with Crippen LogP contribution >= 0.6 is 11.3 Å². The maximum Gasteiger partial charge on any atom is 0.271 e. The Morgan fingerprint density at radius 1 is 1.26 bits per heavy atom. The number of aromatic nitrogens is 5. The van der Waals surface area contributed by atoms with Gasteiger partial charge < -0.3 is 10.6 Å². The van der Waals surface area contributed by atoms with Crippen molar-refractivity contribution >= 4 is 23.0 Å².